The second kappa shape index (κ2) is 5.20. The second-order valence-electron chi connectivity index (χ2n) is 5.32. The van der Waals surface area contributed by atoms with Crippen molar-refractivity contribution in [3.63, 3.8) is 0 Å². The SMILES string of the molecule is NC[C@@H]1CC[C@H]2CN(c3ncccn3)CCN2C1. The van der Waals surface area contributed by atoms with Gasteiger partial charge in [0.2, 0.25) is 5.95 Å². The highest BCUT2D eigenvalue weighted by Crippen LogP contribution is 2.25. The Balaban J connectivity index is 1.65. The number of anilines is 1. The molecule has 0 radical (unpaired) electrons. The van der Waals surface area contributed by atoms with E-state index in [1.165, 1.54) is 19.4 Å². The second-order valence-corrected chi connectivity index (χ2v) is 5.32. The normalized spacial score (nSPS) is 29.1. The quantitative estimate of drug-likeness (QED) is 0.816. The average molecular weight is 247 g/mol. The Morgan fingerprint density at radius 1 is 1.17 bits per heavy atom. The van der Waals surface area contributed by atoms with E-state index in [9.17, 15) is 0 Å². The van der Waals surface area contributed by atoms with Crippen molar-refractivity contribution in [1.82, 2.24) is 14.9 Å². The Morgan fingerprint density at radius 2 is 2.00 bits per heavy atom. The number of nitrogens with zero attached hydrogens (tertiary/aromatic N) is 4. The summed E-state index contributed by atoms with van der Waals surface area (Å²) in [6.45, 7) is 5.19. The van der Waals surface area contributed by atoms with Crippen LogP contribution in [0, 0.1) is 5.92 Å². The van der Waals surface area contributed by atoms with Gasteiger partial charge in [-0.05, 0) is 31.4 Å². The summed E-state index contributed by atoms with van der Waals surface area (Å²) in [5.74, 6) is 1.57. The molecule has 0 aromatic carbocycles. The van der Waals surface area contributed by atoms with Crippen LogP contribution in [0.5, 0.6) is 0 Å². The van der Waals surface area contributed by atoms with Crippen LogP contribution < -0.4 is 10.6 Å². The summed E-state index contributed by atoms with van der Waals surface area (Å²) >= 11 is 0. The van der Waals surface area contributed by atoms with E-state index in [2.05, 4.69) is 19.8 Å². The predicted molar refractivity (Wildman–Crippen MR) is 71.4 cm³/mol. The van der Waals surface area contributed by atoms with E-state index in [-0.39, 0.29) is 0 Å². The molecule has 2 N–H and O–H groups in total. The number of hydrogen-bond donors (Lipinski definition) is 1. The lowest BCUT2D eigenvalue weighted by molar-refractivity contribution is 0.0979. The third-order valence-electron chi connectivity index (χ3n) is 4.17. The van der Waals surface area contributed by atoms with Gasteiger partial charge in [-0.15, -0.1) is 0 Å². The average Bonchev–Trinajstić information content (AvgIpc) is 2.47. The maximum Gasteiger partial charge on any atom is 0.225 e. The number of piperazine rings is 1. The van der Waals surface area contributed by atoms with E-state index in [0.29, 0.717) is 12.0 Å². The molecule has 1 aromatic heterocycles. The molecule has 0 spiro atoms. The van der Waals surface area contributed by atoms with Gasteiger partial charge in [0.25, 0.3) is 0 Å². The molecule has 2 aliphatic rings. The largest absolute Gasteiger partial charge is 0.338 e. The van der Waals surface area contributed by atoms with E-state index in [1.54, 1.807) is 0 Å². The summed E-state index contributed by atoms with van der Waals surface area (Å²) < 4.78 is 0. The number of nitrogens with two attached hydrogens (primary N) is 1. The highest BCUT2D eigenvalue weighted by molar-refractivity contribution is 5.30. The third kappa shape index (κ3) is 2.33. The summed E-state index contributed by atoms with van der Waals surface area (Å²) in [4.78, 5) is 13.6. The number of hydrogen-bond acceptors (Lipinski definition) is 5. The van der Waals surface area contributed by atoms with Gasteiger partial charge in [0.15, 0.2) is 0 Å². The summed E-state index contributed by atoms with van der Waals surface area (Å²) in [5.41, 5.74) is 5.79. The van der Waals surface area contributed by atoms with Crippen LogP contribution in [-0.4, -0.2) is 53.6 Å². The van der Waals surface area contributed by atoms with Gasteiger partial charge in [-0.2, -0.15) is 0 Å². The first-order valence-electron chi connectivity index (χ1n) is 6.83. The Morgan fingerprint density at radius 3 is 2.78 bits per heavy atom. The van der Waals surface area contributed by atoms with Crippen molar-refractivity contribution in [3.05, 3.63) is 18.5 Å². The topological polar surface area (TPSA) is 58.3 Å². The van der Waals surface area contributed by atoms with E-state index in [4.69, 9.17) is 5.73 Å². The molecular weight excluding hydrogens is 226 g/mol. The molecule has 0 bridgehead atoms. The first-order valence-corrected chi connectivity index (χ1v) is 6.83. The predicted octanol–water partition coefficient (Wildman–Crippen LogP) is 0.336. The molecule has 3 heterocycles. The van der Waals surface area contributed by atoms with E-state index >= 15 is 0 Å². The standard InChI is InChI=1S/C13H21N5/c14-8-11-2-3-12-10-18(7-6-17(12)9-11)13-15-4-1-5-16-13/h1,4-5,11-12H,2-3,6-10,14H2/t11-,12-/m0/s1. The summed E-state index contributed by atoms with van der Waals surface area (Å²) in [7, 11) is 0. The van der Waals surface area contributed by atoms with Crippen molar-refractivity contribution in [2.45, 2.75) is 18.9 Å². The third-order valence-corrected chi connectivity index (χ3v) is 4.17. The van der Waals surface area contributed by atoms with Crippen molar-refractivity contribution in [2.75, 3.05) is 37.6 Å². The van der Waals surface area contributed by atoms with Crippen LogP contribution in [0.15, 0.2) is 18.5 Å². The highest BCUT2D eigenvalue weighted by atomic mass is 15.3. The molecule has 0 unspecified atom stereocenters. The van der Waals surface area contributed by atoms with Crippen molar-refractivity contribution in [3.8, 4) is 0 Å². The minimum Gasteiger partial charge on any atom is -0.338 e. The van der Waals surface area contributed by atoms with Gasteiger partial charge in [0.1, 0.15) is 0 Å². The lowest BCUT2D eigenvalue weighted by Gasteiger charge is -2.46. The molecule has 98 valence electrons. The summed E-state index contributed by atoms with van der Waals surface area (Å²) in [5, 5.41) is 0. The zero-order chi connectivity index (χ0) is 12.4. The van der Waals surface area contributed by atoms with E-state index < -0.39 is 0 Å². The van der Waals surface area contributed by atoms with Crippen LogP contribution in [0.1, 0.15) is 12.8 Å². The summed E-state index contributed by atoms with van der Waals surface area (Å²) in [6.07, 6.45) is 6.16. The fourth-order valence-electron chi connectivity index (χ4n) is 3.09. The molecule has 5 heteroatoms. The molecule has 18 heavy (non-hydrogen) atoms. The van der Waals surface area contributed by atoms with Crippen LogP contribution >= 0.6 is 0 Å². The molecule has 5 nitrogen and oxygen atoms in total. The van der Waals surface area contributed by atoms with Crippen LogP contribution in [-0.2, 0) is 0 Å². The van der Waals surface area contributed by atoms with Gasteiger partial charge < -0.3 is 10.6 Å². The lowest BCUT2D eigenvalue weighted by atomic mass is 9.91. The van der Waals surface area contributed by atoms with Crippen molar-refractivity contribution in [1.29, 1.82) is 0 Å². The van der Waals surface area contributed by atoms with Gasteiger partial charge in [0.05, 0.1) is 0 Å². The van der Waals surface area contributed by atoms with Gasteiger partial charge in [0, 0.05) is 44.6 Å². The van der Waals surface area contributed by atoms with E-state index in [0.717, 1.165) is 32.1 Å². The number of fused-ring (bicyclic) bond motifs is 1. The lowest BCUT2D eigenvalue weighted by Crippen LogP contribution is -2.57. The Hall–Kier alpha value is -1.20. The molecule has 2 atom stereocenters. The smallest absolute Gasteiger partial charge is 0.225 e. The molecule has 2 fully saturated rings. The van der Waals surface area contributed by atoms with Crippen molar-refractivity contribution in [2.24, 2.45) is 11.7 Å². The molecule has 2 aliphatic heterocycles. The maximum absolute atomic E-state index is 5.79. The molecule has 3 rings (SSSR count). The van der Waals surface area contributed by atoms with Gasteiger partial charge in [-0.1, -0.05) is 0 Å². The maximum atomic E-state index is 5.79. The van der Waals surface area contributed by atoms with E-state index in [1.807, 2.05) is 18.5 Å². The monoisotopic (exact) mass is 247 g/mol. The molecule has 0 saturated carbocycles. The molecule has 0 aliphatic carbocycles. The Kier molecular flexibility index (Phi) is 3.43. The van der Waals surface area contributed by atoms with Crippen molar-refractivity contribution >= 4 is 5.95 Å². The number of aromatic nitrogens is 2. The molecular formula is C13H21N5. The van der Waals surface area contributed by atoms with Gasteiger partial charge >= 0.3 is 0 Å². The number of piperidine rings is 1. The van der Waals surface area contributed by atoms with Gasteiger partial charge in [-0.25, -0.2) is 9.97 Å². The summed E-state index contributed by atoms with van der Waals surface area (Å²) in [6, 6.07) is 2.53. The zero-order valence-electron chi connectivity index (χ0n) is 10.7. The molecule has 2 saturated heterocycles. The first kappa shape index (κ1) is 11.9. The van der Waals surface area contributed by atoms with Gasteiger partial charge in [-0.3, -0.25) is 4.90 Å². The van der Waals surface area contributed by atoms with Crippen LogP contribution in [0.3, 0.4) is 0 Å². The van der Waals surface area contributed by atoms with Crippen LogP contribution in [0.25, 0.3) is 0 Å². The molecule has 0 amide bonds. The minimum absolute atomic E-state index is 0.658. The molecule has 1 aromatic rings. The highest BCUT2D eigenvalue weighted by Gasteiger charge is 2.32. The minimum atomic E-state index is 0.658. The zero-order valence-corrected chi connectivity index (χ0v) is 10.7. The Labute approximate surface area is 108 Å². The van der Waals surface area contributed by atoms with Crippen molar-refractivity contribution < 1.29 is 0 Å². The fourth-order valence-corrected chi connectivity index (χ4v) is 3.09. The number of rotatable bonds is 2. The first-order chi connectivity index (χ1) is 8.86. The Bertz CT molecular complexity index is 382. The van der Waals surface area contributed by atoms with Crippen LogP contribution in [0.2, 0.25) is 0 Å². The van der Waals surface area contributed by atoms with Crippen LogP contribution in [0.4, 0.5) is 5.95 Å². The fraction of sp³-hybridized carbons (Fsp3) is 0.692.